The standard InChI is InChI=1S/C22H22ClN3O2/c1-2-14-26-21(27)13-12-19(25-26)22(28)24-20(17-6-4-3-5-7-17)15-16-8-10-18(23)11-9-16/h3-13,20H,2,14-15H2,1H3,(H,24,28). The van der Waals surface area contributed by atoms with E-state index in [1.807, 2.05) is 61.5 Å². The predicted molar refractivity (Wildman–Crippen MR) is 111 cm³/mol. The quantitative estimate of drug-likeness (QED) is 0.657. The van der Waals surface area contributed by atoms with Crippen molar-refractivity contribution < 1.29 is 4.79 Å². The van der Waals surface area contributed by atoms with Gasteiger partial charge in [0, 0.05) is 17.6 Å². The van der Waals surface area contributed by atoms with Crippen LogP contribution in [0.15, 0.2) is 71.5 Å². The second-order valence-electron chi connectivity index (χ2n) is 6.55. The first kappa shape index (κ1) is 19.8. The molecule has 1 unspecified atom stereocenters. The van der Waals surface area contributed by atoms with Gasteiger partial charge in [-0.2, -0.15) is 5.10 Å². The van der Waals surface area contributed by atoms with Crippen molar-refractivity contribution in [1.82, 2.24) is 15.1 Å². The van der Waals surface area contributed by atoms with Crippen molar-refractivity contribution in [3.05, 3.63) is 98.9 Å². The summed E-state index contributed by atoms with van der Waals surface area (Å²) in [6.45, 7) is 2.44. The van der Waals surface area contributed by atoms with E-state index < -0.39 is 0 Å². The van der Waals surface area contributed by atoms with Gasteiger partial charge in [-0.15, -0.1) is 0 Å². The van der Waals surface area contributed by atoms with Gasteiger partial charge >= 0.3 is 0 Å². The molecule has 0 aliphatic rings. The lowest BCUT2D eigenvalue weighted by Crippen LogP contribution is -2.33. The number of nitrogens with zero attached hydrogens (tertiary/aromatic N) is 2. The van der Waals surface area contributed by atoms with Crippen LogP contribution in [0.4, 0.5) is 0 Å². The third-order valence-corrected chi connectivity index (χ3v) is 4.65. The Morgan fingerprint density at radius 1 is 1.07 bits per heavy atom. The number of rotatable bonds is 7. The van der Waals surface area contributed by atoms with E-state index in [0.717, 1.165) is 17.5 Å². The molecular formula is C22H22ClN3O2. The fourth-order valence-corrected chi connectivity index (χ4v) is 3.09. The molecule has 0 spiro atoms. The average molecular weight is 396 g/mol. The molecule has 6 heteroatoms. The molecule has 0 aliphatic carbocycles. The highest BCUT2D eigenvalue weighted by atomic mass is 35.5. The molecule has 0 fully saturated rings. The lowest BCUT2D eigenvalue weighted by molar-refractivity contribution is 0.0928. The zero-order valence-electron chi connectivity index (χ0n) is 15.6. The smallest absolute Gasteiger partial charge is 0.272 e. The summed E-state index contributed by atoms with van der Waals surface area (Å²) in [7, 11) is 0. The monoisotopic (exact) mass is 395 g/mol. The second-order valence-corrected chi connectivity index (χ2v) is 6.98. The molecule has 28 heavy (non-hydrogen) atoms. The van der Waals surface area contributed by atoms with Crippen molar-refractivity contribution in [1.29, 1.82) is 0 Å². The number of amides is 1. The van der Waals surface area contributed by atoms with Crippen LogP contribution >= 0.6 is 11.6 Å². The van der Waals surface area contributed by atoms with Gasteiger partial charge in [-0.25, -0.2) is 4.68 Å². The Morgan fingerprint density at radius 3 is 2.46 bits per heavy atom. The van der Waals surface area contributed by atoms with Gasteiger partial charge < -0.3 is 5.32 Å². The fourth-order valence-electron chi connectivity index (χ4n) is 2.97. The summed E-state index contributed by atoms with van der Waals surface area (Å²) in [6, 6.07) is 20.0. The zero-order chi connectivity index (χ0) is 19.9. The van der Waals surface area contributed by atoms with E-state index >= 15 is 0 Å². The van der Waals surface area contributed by atoms with E-state index in [-0.39, 0.29) is 23.2 Å². The number of aromatic nitrogens is 2. The van der Waals surface area contributed by atoms with Crippen molar-refractivity contribution in [2.24, 2.45) is 0 Å². The molecule has 0 saturated carbocycles. The van der Waals surface area contributed by atoms with Crippen molar-refractivity contribution in [2.75, 3.05) is 0 Å². The maximum Gasteiger partial charge on any atom is 0.272 e. The van der Waals surface area contributed by atoms with Gasteiger partial charge in [-0.3, -0.25) is 9.59 Å². The molecule has 3 rings (SSSR count). The van der Waals surface area contributed by atoms with Gasteiger partial charge in [0.1, 0.15) is 5.69 Å². The Bertz CT molecular complexity index is 985. The third-order valence-electron chi connectivity index (χ3n) is 4.40. The molecule has 1 amide bonds. The van der Waals surface area contributed by atoms with Crippen LogP contribution < -0.4 is 10.9 Å². The van der Waals surface area contributed by atoms with Gasteiger partial charge in [0.2, 0.25) is 0 Å². The number of benzene rings is 2. The Morgan fingerprint density at radius 2 is 1.79 bits per heavy atom. The molecule has 0 aliphatic heterocycles. The van der Waals surface area contributed by atoms with Crippen LogP contribution in [0.3, 0.4) is 0 Å². The van der Waals surface area contributed by atoms with Gasteiger partial charge in [0.25, 0.3) is 11.5 Å². The summed E-state index contributed by atoms with van der Waals surface area (Å²) in [5.41, 5.74) is 2.07. The zero-order valence-corrected chi connectivity index (χ0v) is 16.4. The second kappa shape index (κ2) is 9.33. The Hall–Kier alpha value is -2.92. The molecule has 2 aromatic carbocycles. The van der Waals surface area contributed by atoms with Crippen LogP contribution in [0.2, 0.25) is 5.02 Å². The van der Waals surface area contributed by atoms with E-state index in [1.165, 1.54) is 16.8 Å². The number of aryl methyl sites for hydroxylation is 1. The molecule has 1 heterocycles. The molecule has 5 nitrogen and oxygen atoms in total. The van der Waals surface area contributed by atoms with Gasteiger partial charge in [-0.05, 0) is 42.2 Å². The number of halogens is 1. The molecule has 3 aromatic rings. The highest BCUT2D eigenvalue weighted by Crippen LogP contribution is 2.20. The van der Waals surface area contributed by atoms with E-state index in [4.69, 9.17) is 11.6 Å². The minimum atomic E-state index is -0.312. The molecular weight excluding hydrogens is 374 g/mol. The number of nitrogens with one attached hydrogen (secondary N) is 1. The average Bonchev–Trinajstić information content (AvgIpc) is 2.71. The molecule has 1 aromatic heterocycles. The Balaban J connectivity index is 1.84. The van der Waals surface area contributed by atoms with Crippen molar-refractivity contribution in [3.63, 3.8) is 0 Å². The molecule has 0 bridgehead atoms. The number of carbonyl (C=O) groups is 1. The van der Waals surface area contributed by atoms with Crippen LogP contribution in [-0.4, -0.2) is 15.7 Å². The van der Waals surface area contributed by atoms with E-state index in [9.17, 15) is 9.59 Å². The number of hydrogen-bond acceptors (Lipinski definition) is 3. The summed E-state index contributed by atoms with van der Waals surface area (Å²) in [5, 5.41) is 7.93. The molecule has 0 radical (unpaired) electrons. The first-order chi connectivity index (χ1) is 13.6. The van der Waals surface area contributed by atoms with Crippen molar-refractivity contribution >= 4 is 17.5 Å². The van der Waals surface area contributed by atoms with Crippen LogP contribution in [0, 0.1) is 0 Å². The summed E-state index contributed by atoms with van der Waals surface area (Å²) in [5.74, 6) is -0.312. The highest BCUT2D eigenvalue weighted by Gasteiger charge is 2.18. The third kappa shape index (κ3) is 5.08. The molecule has 1 N–H and O–H groups in total. The lowest BCUT2D eigenvalue weighted by atomic mass is 9.98. The SMILES string of the molecule is CCCn1nc(C(=O)NC(Cc2ccc(Cl)cc2)c2ccccc2)ccc1=O. The summed E-state index contributed by atoms with van der Waals surface area (Å²) in [4.78, 5) is 24.7. The Kier molecular flexibility index (Phi) is 6.61. The van der Waals surface area contributed by atoms with E-state index in [0.29, 0.717) is 18.0 Å². The van der Waals surface area contributed by atoms with E-state index in [2.05, 4.69) is 10.4 Å². The Labute approximate surface area is 169 Å². The van der Waals surface area contributed by atoms with Gasteiger partial charge in [0.15, 0.2) is 0 Å². The van der Waals surface area contributed by atoms with Crippen LogP contribution in [0.25, 0.3) is 0 Å². The minimum absolute atomic E-state index is 0.209. The summed E-state index contributed by atoms with van der Waals surface area (Å²) >= 11 is 5.98. The lowest BCUT2D eigenvalue weighted by Gasteiger charge is -2.19. The summed E-state index contributed by atoms with van der Waals surface area (Å²) in [6.07, 6.45) is 1.38. The van der Waals surface area contributed by atoms with Crippen molar-refractivity contribution in [3.8, 4) is 0 Å². The van der Waals surface area contributed by atoms with Crippen LogP contribution in [0.5, 0.6) is 0 Å². The number of hydrogen-bond donors (Lipinski definition) is 1. The van der Waals surface area contributed by atoms with E-state index in [1.54, 1.807) is 0 Å². The summed E-state index contributed by atoms with van der Waals surface area (Å²) < 4.78 is 1.33. The normalized spacial score (nSPS) is 11.8. The topological polar surface area (TPSA) is 64.0 Å². The molecule has 144 valence electrons. The van der Waals surface area contributed by atoms with Crippen LogP contribution in [-0.2, 0) is 13.0 Å². The maximum atomic E-state index is 12.8. The maximum absolute atomic E-state index is 12.8. The largest absolute Gasteiger partial charge is 0.344 e. The minimum Gasteiger partial charge on any atom is -0.344 e. The first-order valence-corrected chi connectivity index (χ1v) is 9.63. The van der Waals surface area contributed by atoms with Crippen molar-refractivity contribution in [2.45, 2.75) is 32.4 Å². The van der Waals surface area contributed by atoms with Crippen LogP contribution in [0.1, 0.15) is 41.0 Å². The van der Waals surface area contributed by atoms with Gasteiger partial charge in [0.05, 0.1) is 6.04 Å². The fraction of sp³-hybridized carbons (Fsp3) is 0.227. The molecule has 0 saturated heterocycles. The predicted octanol–water partition coefficient (Wildman–Crippen LogP) is 4.02. The van der Waals surface area contributed by atoms with Gasteiger partial charge in [-0.1, -0.05) is 61.0 Å². The highest BCUT2D eigenvalue weighted by molar-refractivity contribution is 6.30. The molecule has 1 atom stereocenters. The number of carbonyl (C=O) groups excluding carboxylic acids is 1. The first-order valence-electron chi connectivity index (χ1n) is 9.25.